The number of nitrogens with zero attached hydrogens (tertiary/aromatic N) is 1. The molecule has 4 atom stereocenters. The lowest BCUT2D eigenvalue weighted by atomic mass is 9.84. The molecule has 0 aromatic heterocycles. The van der Waals surface area contributed by atoms with E-state index in [2.05, 4.69) is 4.18 Å². The van der Waals surface area contributed by atoms with E-state index in [0.717, 1.165) is 31.7 Å². The van der Waals surface area contributed by atoms with Crippen molar-refractivity contribution in [2.45, 2.75) is 69.3 Å². The van der Waals surface area contributed by atoms with Gasteiger partial charge < -0.3 is 9.64 Å². The molecule has 0 spiro atoms. The molecule has 1 saturated carbocycles. The minimum atomic E-state index is -5.95. The van der Waals surface area contributed by atoms with Crippen LogP contribution in [0.15, 0.2) is 30.3 Å². The van der Waals surface area contributed by atoms with Gasteiger partial charge in [0, 0.05) is 6.04 Å². The first-order chi connectivity index (χ1) is 14.5. The van der Waals surface area contributed by atoms with Crippen LogP contribution in [0.3, 0.4) is 0 Å². The van der Waals surface area contributed by atoms with Crippen molar-refractivity contribution in [1.29, 1.82) is 0 Å². The van der Waals surface area contributed by atoms with Crippen LogP contribution in [0.4, 0.5) is 13.2 Å². The van der Waals surface area contributed by atoms with E-state index in [9.17, 15) is 31.2 Å². The highest BCUT2D eigenvalue weighted by molar-refractivity contribution is 7.87. The third-order valence-corrected chi connectivity index (χ3v) is 6.85. The van der Waals surface area contributed by atoms with Gasteiger partial charge in [0.1, 0.15) is 12.6 Å². The molecule has 2 aliphatic rings. The monoisotopic (exact) mass is 463 g/mol. The van der Waals surface area contributed by atoms with Crippen molar-refractivity contribution in [3.8, 4) is 0 Å². The number of esters is 1. The minimum absolute atomic E-state index is 0.00148. The molecule has 172 valence electrons. The third kappa shape index (κ3) is 5.20. The Morgan fingerprint density at radius 1 is 1.16 bits per heavy atom. The highest BCUT2D eigenvalue weighted by Crippen LogP contribution is 2.41. The molecule has 3 rings (SSSR count). The van der Waals surface area contributed by atoms with Gasteiger partial charge in [-0.2, -0.15) is 21.6 Å². The van der Waals surface area contributed by atoms with Gasteiger partial charge in [0.25, 0.3) is 5.91 Å². The second-order valence-corrected chi connectivity index (χ2v) is 9.40. The van der Waals surface area contributed by atoms with E-state index in [0.29, 0.717) is 12.8 Å². The SMILES string of the molecule is C[C@@H](OS(=O)(=O)C(F)(F)F)C(=O)N1[C@H](C(=O)OCc2ccccc2)C[C@H]2CCCC[C@@H]21. The van der Waals surface area contributed by atoms with Crippen LogP contribution in [-0.2, 0) is 35.2 Å². The van der Waals surface area contributed by atoms with E-state index >= 15 is 0 Å². The molecule has 1 amide bonds. The van der Waals surface area contributed by atoms with Gasteiger partial charge in [0.05, 0.1) is 0 Å². The van der Waals surface area contributed by atoms with Crippen molar-refractivity contribution in [3.05, 3.63) is 35.9 Å². The zero-order valence-electron chi connectivity index (χ0n) is 16.9. The Morgan fingerprint density at radius 3 is 2.45 bits per heavy atom. The van der Waals surface area contributed by atoms with Gasteiger partial charge in [-0.3, -0.25) is 8.98 Å². The van der Waals surface area contributed by atoms with E-state index in [1.807, 2.05) is 6.07 Å². The second kappa shape index (κ2) is 9.15. The first kappa shape index (κ1) is 23.5. The Balaban J connectivity index is 1.76. The van der Waals surface area contributed by atoms with Crippen LogP contribution in [-0.4, -0.2) is 48.9 Å². The molecule has 11 heteroatoms. The smallest absolute Gasteiger partial charge is 0.459 e. The molecule has 0 unspecified atom stereocenters. The number of hydrogen-bond donors (Lipinski definition) is 0. The molecule has 0 N–H and O–H groups in total. The molecular weight excluding hydrogens is 439 g/mol. The van der Waals surface area contributed by atoms with Gasteiger partial charge in [-0.15, -0.1) is 0 Å². The minimum Gasteiger partial charge on any atom is -0.459 e. The Labute approximate surface area is 178 Å². The van der Waals surface area contributed by atoms with Crippen LogP contribution in [0.25, 0.3) is 0 Å². The van der Waals surface area contributed by atoms with Crippen LogP contribution in [0.2, 0.25) is 0 Å². The molecule has 1 saturated heterocycles. The van der Waals surface area contributed by atoms with E-state index in [1.54, 1.807) is 24.3 Å². The molecule has 2 fully saturated rings. The molecule has 31 heavy (non-hydrogen) atoms. The number of fused-ring (bicyclic) bond motifs is 1. The fourth-order valence-electron chi connectivity index (χ4n) is 4.31. The van der Waals surface area contributed by atoms with Gasteiger partial charge in [-0.1, -0.05) is 43.2 Å². The van der Waals surface area contributed by atoms with Gasteiger partial charge >= 0.3 is 21.6 Å². The van der Waals surface area contributed by atoms with Crippen molar-refractivity contribution < 1.29 is 40.1 Å². The van der Waals surface area contributed by atoms with Crippen molar-refractivity contribution in [3.63, 3.8) is 0 Å². The number of alkyl halides is 3. The number of rotatable bonds is 6. The molecular formula is C20H24F3NO6S. The average Bonchev–Trinajstić information content (AvgIpc) is 3.10. The summed E-state index contributed by atoms with van der Waals surface area (Å²) in [5, 5.41) is 0. The van der Waals surface area contributed by atoms with Crippen LogP contribution < -0.4 is 0 Å². The molecule has 1 aromatic rings. The van der Waals surface area contributed by atoms with Crippen LogP contribution >= 0.6 is 0 Å². The molecule has 1 aliphatic carbocycles. The van der Waals surface area contributed by atoms with Crippen LogP contribution in [0.5, 0.6) is 0 Å². The summed E-state index contributed by atoms with van der Waals surface area (Å²) in [6.07, 6.45) is 1.47. The Hall–Kier alpha value is -2.14. The predicted molar refractivity (Wildman–Crippen MR) is 103 cm³/mol. The lowest BCUT2D eigenvalue weighted by Gasteiger charge is -2.34. The van der Waals surface area contributed by atoms with E-state index in [-0.39, 0.29) is 18.6 Å². The summed E-state index contributed by atoms with van der Waals surface area (Å²) in [4.78, 5) is 26.9. The third-order valence-electron chi connectivity index (χ3n) is 5.74. The van der Waals surface area contributed by atoms with E-state index < -0.39 is 39.6 Å². The lowest BCUT2D eigenvalue weighted by Crippen LogP contribution is -2.51. The molecule has 7 nitrogen and oxygen atoms in total. The maximum absolute atomic E-state index is 13.0. The topological polar surface area (TPSA) is 90.0 Å². The van der Waals surface area contributed by atoms with Gasteiger partial charge in [-0.05, 0) is 37.7 Å². The van der Waals surface area contributed by atoms with Crippen molar-refractivity contribution >= 4 is 22.0 Å². The second-order valence-electron chi connectivity index (χ2n) is 7.84. The summed E-state index contributed by atoms with van der Waals surface area (Å²) in [6.45, 7) is 0.927. The Morgan fingerprint density at radius 2 is 1.81 bits per heavy atom. The lowest BCUT2D eigenvalue weighted by molar-refractivity contribution is -0.158. The summed E-state index contributed by atoms with van der Waals surface area (Å²) in [5.74, 6) is -1.64. The highest BCUT2D eigenvalue weighted by atomic mass is 32.2. The number of likely N-dealkylation sites (tertiary alicyclic amines) is 1. The van der Waals surface area contributed by atoms with Crippen LogP contribution in [0.1, 0.15) is 44.6 Å². The first-order valence-electron chi connectivity index (χ1n) is 10.0. The van der Waals surface area contributed by atoms with Crippen molar-refractivity contribution in [1.82, 2.24) is 4.90 Å². The Kier molecular flexibility index (Phi) is 6.95. The largest absolute Gasteiger partial charge is 0.523 e. The summed E-state index contributed by atoms with van der Waals surface area (Å²) >= 11 is 0. The van der Waals surface area contributed by atoms with E-state index in [1.165, 1.54) is 4.90 Å². The molecule has 1 aliphatic heterocycles. The number of ether oxygens (including phenoxy) is 1. The standard InChI is InChI=1S/C20H24F3NO6S/c1-13(30-31(27,28)20(21,22)23)18(25)24-16-10-6-5-9-15(16)11-17(24)19(26)29-12-14-7-3-2-4-8-14/h2-4,7-8,13,15-17H,5-6,9-12H2,1H3/t13-,15-,16+,17+/m1/s1. The maximum Gasteiger partial charge on any atom is 0.523 e. The molecule has 1 aromatic carbocycles. The zero-order valence-corrected chi connectivity index (χ0v) is 17.7. The highest BCUT2D eigenvalue weighted by Gasteiger charge is 2.52. The van der Waals surface area contributed by atoms with Crippen LogP contribution in [0, 0.1) is 5.92 Å². The molecule has 0 radical (unpaired) electrons. The number of carbonyl (C=O) groups excluding carboxylic acids is 2. The first-order valence-corrected chi connectivity index (χ1v) is 11.4. The van der Waals surface area contributed by atoms with Crippen molar-refractivity contribution in [2.75, 3.05) is 0 Å². The summed E-state index contributed by atoms with van der Waals surface area (Å²) in [5.41, 5.74) is -4.90. The normalized spacial score (nSPS) is 25.0. The van der Waals surface area contributed by atoms with Crippen molar-refractivity contribution in [2.24, 2.45) is 5.92 Å². The number of benzene rings is 1. The quantitative estimate of drug-likeness (QED) is 0.366. The summed E-state index contributed by atoms with van der Waals surface area (Å²) in [7, 11) is -5.95. The molecule has 1 heterocycles. The van der Waals surface area contributed by atoms with Gasteiger partial charge in [-0.25, -0.2) is 4.79 Å². The predicted octanol–water partition coefficient (Wildman–Crippen LogP) is 3.14. The number of halogens is 3. The number of amides is 1. The maximum atomic E-state index is 13.0. The van der Waals surface area contributed by atoms with Gasteiger partial charge in [0.2, 0.25) is 0 Å². The zero-order chi connectivity index (χ0) is 22.8. The fourth-order valence-corrected chi connectivity index (χ4v) is 4.88. The number of carbonyl (C=O) groups is 2. The number of hydrogen-bond acceptors (Lipinski definition) is 6. The Bertz CT molecular complexity index is 905. The van der Waals surface area contributed by atoms with E-state index in [4.69, 9.17) is 4.74 Å². The van der Waals surface area contributed by atoms with Gasteiger partial charge in [0.15, 0.2) is 6.10 Å². The fraction of sp³-hybridized carbons (Fsp3) is 0.600. The summed E-state index contributed by atoms with van der Waals surface area (Å²) in [6, 6.07) is 7.54. The summed E-state index contributed by atoms with van der Waals surface area (Å²) < 4.78 is 70.1. The average molecular weight is 463 g/mol. The molecule has 0 bridgehead atoms.